The molecule has 0 fully saturated rings. The summed E-state index contributed by atoms with van der Waals surface area (Å²) in [7, 11) is -4.62. The van der Waals surface area contributed by atoms with E-state index in [1.54, 1.807) is 0 Å². The zero-order valence-electron chi connectivity index (χ0n) is 47.1. The van der Waals surface area contributed by atoms with Crippen LogP contribution in [0.3, 0.4) is 0 Å². The van der Waals surface area contributed by atoms with Gasteiger partial charge in [0.2, 0.25) is 17.7 Å². The number of aromatic nitrogens is 1. The number of carbonyl (C=O) groups is 4. The first-order chi connectivity index (χ1) is 35.9. The Morgan fingerprint density at radius 1 is 0.622 bits per heavy atom. The van der Waals surface area contributed by atoms with Crippen LogP contribution in [-0.4, -0.2) is 84.7 Å². The molecule has 74 heavy (non-hydrogen) atoms. The van der Waals surface area contributed by atoms with Crippen LogP contribution in [0.2, 0.25) is 0 Å². The van der Waals surface area contributed by atoms with Crippen LogP contribution in [0.1, 0.15) is 246 Å². The fraction of sp³-hybridized carbons (Fsp3) is 0.797. The number of carbonyl (C=O) groups excluding carboxylic acids is 4. The van der Waals surface area contributed by atoms with Gasteiger partial charge in [0.25, 0.3) is 0 Å². The summed E-state index contributed by atoms with van der Waals surface area (Å²) in [6.07, 6.45) is 34.9. The number of H-pyrrole nitrogens is 1. The zero-order chi connectivity index (χ0) is 53.9. The Balaban J connectivity index is 1.91. The molecular formula is C59H105N4O10P. The van der Waals surface area contributed by atoms with Crippen molar-refractivity contribution in [3.63, 3.8) is 0 Å². The molecule has 426 valence electrons. The molecule has 0 radical (unpaired) electrons. The molecule has 14 nitrogen and oxygen atoms in total. The van der Waals surface area contributed by atoms with E-state index in [4.69, 9.17) is 18.5 Å². The zero-order valence-corrected chi connectivity index (χ0v) is 48.0. The van der Waals surface area contributed by atoms with Crippen molar-refractivity contribution in [2.24, 2.45) is 5.92 Å². The van der Waals surface area contributed by atoms with E-state index in [2.05, 4.69) is 47.8 Å². The van der Waals surface area contributed by atoms with E-state index in [0.717, 1.165) is 99.9 Å². The van der Waals surface area contributed by atoms with Gasteiger partial charge in [-0.15, -0.1) is 0 Å². The number of hydrogen-bond acceptors (Lipinski definition) is 9. The van der Waals surface area contributed by atoms with Gasteiger partial charge in [-0.3, -0.25) is 28.2 Å². The summed E-state index contributed by atoms with van der Waals surface area (Å²) < 4.78 is 35.9. The van der Waals surface area contributed by atoms with Gasteiger partial charge >= 0.3 is 13.8 Å². The summed E-state index contributed by atoms with van der Waals surface area (Å²) in [6.45, 7) is 10.0. The van der Waals surface area contributed by atoms with Gasteiger partial charge in [-0.2, -0.15) is 0 Å². The van der Waals surface area contributed by atoms with Crippen molar-refractivity contribution in [2.45, 2.75) is 265 Å². The second-order valence-corrected chi connectivity index (χ2v) is 22.3. The van der Waals surface area contributed by atoms with Gasteiger partial charge in [0, 0.05) is 49.3 Å². The van der Waals surface area contributed by atoms with Crippen LogP contribution in [0.25, 0.3) is 10.9 Å². The average molecular weight is 1060 g/mol. The Bertz CT molecular complexity index is 1790. The number of hydrogen-bond donors (Lipinski definition) is 5. The largest absolute Gasteiger partial charge is 0.472 e. The van der Waals surface area contributed by atoms with Crippen molar-refractivity contribution < 1.29 is 47.2 Å². The van der Waals surface area contributed by atoms with E-state index in [1.807, 2.05) is 38.2 Å². The minimum atomic E-state index is -4.62. The molecule has 1 aromatic heterocycles. The van der Waals surface area contributed by atoms with Gasteiger partial charge in [-0.25, -0.2) is 4.57 Å². The highest BCUT2D eigenvalue weighted by Gasteiger charge is 2.28. The van der Waals surface area contributed by atoms with E-state index < -0.39 is 25.8 Å². The van der Waals surface area contributed by atoms with Crippen molar-refractivity contribution in [3.05, 3.63) is 36.0 Å². The van der Waals surface area contributed by atoms with Crippen LogP contribution in [0.4, 0.5) is 0 Å². The highest BCUT2D eigenvalue weighted by molar-refractivity contribution is 7.47. The highest BCUT2D eigenvalue weighted by Crippen LogP contribution is 2.43. The minimum Gasteiger partial charge on any atom is -0.462 e. The van der Waals surface area contributed by atoms with E-state index >= 15 is 0 Å². The first kappa shape index (κ1) is 66.8. The van der Waals surface area contributed by atoms with Crippen molar-refractivity contribution in [1.29, 1.82) is 0 Å². The maximum absolute atomic E-state index is 13.3. The molecule has 1 aromatic carbocycles. The third-order valence-electron chi connectivity index (χ3n) is 14.1. The Hall–Kier alpha value is -3.29. The maximum atomic E-state index is 13.3. The topological polar surface area (TPSA) is 194 Å². The Labute approximate surface area is 448 Å². The number of phosphoric ester groups is 1. The molecule has 5 atom stereocenters. The predicted molar refractivity (Wildman–Crippen MR) is 301 cm³/mol. The molecule has 1 unspecified atom stereocenters. The van der Waals surface area contributed by atoms with Crippen LogP contribution in [0.5, 0.6) is 0 Å². The number of nitrogens with one attached hydrogen (secondary N) is 4. The SMILES string of the molecule is CCCCCCCCCCCCCC(=O)N[C@H](COCC[C@@H](CCCCCCC)OC(=O)CCCCCCCCCCC)COP(=O)(O)OCCNC(=O)[C@@H](NC(=O)CCCc1c[nH]c2ccccc12)[C@@H](C)CC. The standard InChI is InChI=1S/C59H105N4O10P/c1-6-10-13-16-18-20-21-23-24-27-30-39-55(64)62-51(47-70-44-42-52(36-29-26-15-12-8-3)73-57(66)41-31-28-25-22-19-17-14-11-7-2)48-72-74(68,69)71-45-43-60-59(67)58(49(5)9-4)63-56(65)40-34-35-50-46-61-54-38-33-32-37-53(50)54/h32-33,37-38,46,49,51-52,58,61H,6-31,34-36,39-45,47-48H2,1-5H3,(H,60,67)(H,62,64)(H,63,65)(H,68,69)/t49-,51+,52+,58-/m0/s1. The summed E-state index contributed by atoms with van der Waals surface area (Å²) in [4.78, 5) is 66.4. The molecule has 2 aromatic rings. The number of amides is 3. The number of para-hydroxylation sites is 1. The molecule has 3 amide bonds. The third-order valence-corrected chi connectivity index (χ3v) is 15.1. The number of fused-ring (bicyclic) bond motifs is 1. The highest BCUT2D eigenvalue weighted by atomic mass is 31.2. The average Bonchev–Trinajstić information content (AvgIpc) is 3.80. The lowest BCUT2D eigenvalue weighted by Crippen LogP contribution is -2.50. The molecule has 0 saturated heterocycles. The molecule has 15 heteroatoms. The van der Waals surface area contributed by atoms with Crippen LogP contribution in [-0.2, 0) is 48.7 Å². The monoisotopic (exact) mass is 1060 g/mol. The first-order valence-electron chi connectivity index (χ1n) is 29.7. The molecule has 0 saturated carbocycles. The normalized spacial score (nSPS) is 14.0. The molecule has 0 aliphatic rings. The fourth-order valence-electron chi connectivity index (χ4n) is 9.28. The summed E-state index contributed by atoms with van der Waals surface area (Å²) in [5.41, 5.74) is 2.19. The minimum absolute atomic E-state index is 0.0153. The third kappa shape index (κ3) is 33.7. The van der Waals surface area contributed by atoms with E-state index in [9.17, 15) is 28.6 Å². The number of aromatic amines is 1. The van der Waals surface area contributed by atoms with Gasteiger partial charge in [0.1, 0.15) is 12.1 Å². The second-order valence-electron chi connectivity index (χ2n) is 20.8. The summed E-state index contributed by atoms with van der Waals surface area (Å²) in [5, 5.41) is 9.71. The molecule has 0 aliphatic carbocycles. The summed E-state index contributed by atoms with van der Waals surface area (Å²) in [6, 6.07) is 6.50. The van der Waals surface area contributed by atoms with Gasteiger partial charge in [-0.05, 0) is 56.1 Å². The quantitative estimate of drug-likeness (QED) is 0.0242. The van der Waals surface area contributed by atoms with Gasteiger partial charge in [-0.1, -0.05) is 200 Å². The Morgan fingerprint density at radius 2 is 1.16 bits per heavy atom. The molecule has 0 spiro atoms. The number of esters is 1. The maximum Gasteiger partial charge on any atom is 0.472 e. The van der Waals surface area contributed by atoms with E-state index in [1.165, 1.54) is 89.9 Å². The van der Waals surface area contributed by atoms with Gasteiger partial charge < -0.3 is 35.3 Å². The smallest absolute Gasteiger partial charge is 0.462 e. The summed E-state index contributed by atoms with van der Waals surface area (Å²) in [5.74, 6) is -1.15. The molecule has 0 bridgehead atoms. The van der Waals surface area contributed by atoms with Crippen LogP contribution >= 0.6 is 7.82 Å². The molecule has 1 heterocycles. The Morgan fingerprint density at radius 3 is 1.77 bits per heavy atom. The predicted octanol–water partition coefficient (Wildman–Crippen LogP) is 14.1. The number of rotatable bonds is 50. The first-order valence-corrected chi connectivity index (χ1v) is 31.2. The van der Waals surface area contributed by atoms with Gasteiger partial charge in [0.15, 0.2) is 0 Å². The lowest BCUT2D eigenvalue weighted by atomic mass is 9.98. The van der Waals surface area contributed by atoms with Crippen LogP contribution in [0, 0.1) is 5.92 Å². The molecular weight excluding hydrogens is 956 g/mol. The van der Waals surface area contributed by atoms with E-state index in [-0.39, 0.29) is 69.2 Å². The van der Waals surface area contributed by atoms with Crippen molar-refractivity contribution >= 4 is 42.4 Å². The van der Waals surface area contributed by atoms with Crippen molar-refractivity contribution in [2.75, 3.05) is 33.0 Å². The molecule has 2 rings (SSSR count). The molecule has 5 N–H and O–H groups in total. The number of phosphoric acid groups is 1. The van der Waals surface area contributed by atoms with Gasteiger partial charge in [0.05, 0.1) is 32.5 Å². The molecule has 0 aliphatic heterocycles. The van der Waals surface area contributed by atoms with Crippen LogP contribution in [0.15, 0.2) is 30.5 Å². The Kier molecular flexibility index (Phi) is 39.5. The summed E-state index contributed by atoms with van der Waals surface area (Å²) >= 11 is 0. The van der Waals surface area contributed by atoms with Crippen molar-refractivity contribution in [3.8, 4) is 0 Å². The fourth-order valence-corrected chi connectivity index (χ4v) is 10.0. The van der Waals surface area contributed by atoms with Crippen LogP contribution < -0.4 is 16.0 Å². The lowest BCUT2D eigenvalue weighted by molar-refractivity contribution is -0.150. The second kappa shape index (κ2) is 43.8. The van der Waals surface area contributed by atoms with E-state index in [0.29, 0.717) is 32.1 Å². The van der Waals surface area contributed by atoms with Crippen molar-refractivity contribution in [1.82, 2.24) is 20.9 Å². The lowest BCUT2D eigenvalue weighted by Gasteiger charge is -2.24. The number of benzene rings is 1. The number of unbranched alkanes of at least 4 members (excludes halogenated alkanes) is 22. The number of aryl methyl sites for hydroxylation is 1. The number of ether oxygens (including phenoxy) is 2.